The summed E-state index contributed by atoms with van der Waals surface area (Å²) in [7, 11) is 0. The number of fused-ring (bicyclic) bond motifs is 9. The molecule has 9 rings (SSSR count). The minimum Gasteiger partial charge on any atom is -0.0622 e. The van der Waals surface area contributed by atoms with E-state index in [1.54, 1.807) is 0 Å². The Balaban J connectivity index is 1.36. The van der Waals surface area contributed by atoms with E-state index < -0.39 is 0 Å². The molecule has 0 atom stereocenters. The quantitative estimate of drug-likeness (QED) is 0.149. The van der Waals surface area contributed by atoms with Gasteiger partial charge >= 0.3 is 0 Å². The average Bonchev–Trinajstić information content (AvgIpc) is 3.29. The fourth-order valence-corrected chi connectivity index (χ4v) is 7.77. The number of rotatable bonds is 2. The van der Waals surface area contributed by atoms with Crippen molar-refractivity contribution >= 4 is 43.1 Å². The lowest BCUT2D eigenvalue weighted by Gasteiger charge is -2.22. The van der Waals surface area contributed by atoms with Crippen molar-refractivity contribution in [2.45, 2.75) is 19.3 Å². The molecule has 0 unspecified atom stereocenters. The van der Waals surface area contributed by atoms with Crippen LogP contribution in [0.2, 0.25) is 0 Å². The number of hydrogen-bond donors (Lipinski definition) is 0. The van der Waals surface area contributed by atoms with Gasteiger partial charge < -0.3 is 0 Å². The Morgan fingerprint density at radius 2 is 1.02 bits per heavy atom. The lowest BCUT2D eigenvalue weighted by atomic mass is 9.81. The van der Waals surface area contributed by atoms with Crippen molar-refractivity contribution in [2.75, 3.05) is 0 Å². The van der Waals surface area contributed by atoms with Crippen molar-refractivity contribution in [1.29, 1.82) is 0 Å². The van der Waals surface area contributed by atoms with Crippen LogP contribution in [0.4, 0.5) is 0 Å². The summed E-state index contributed by atoms with van der Waals surface area (Å²) in [6.07, 6.45) is 0. The molecule has 202 valence electrons. The van der Waals surface area contributed by atoms with Crippen LogP contribution in [0.3, 0.4) is 0 Å². The second-order valence-electron chi connectivity index (χ2n) is 12.5. The van der Waals surface area contributed by atoms with Crippen LogP contribution in [0.5, 0.6) is 0 Å². The van der Waals surface area contributed by atoms with E-state index in [4.69, 9.17) is 0 Å². The molecule has 1 aliphatic carbocycles. The molecule has 0 aliphatic heterocycles. The van der Waals surface area contributed by atoms with Gasteiger partial charge in [-0.15, -0.1) is 0 Å². The minimum absolute atomic E-state index is 0.0723. The summed E-state index contributed by atoms with van der Waals surface area (Å²) in [5, 5.41) is 10.4. The van der Waals surface area contributed by atoms with E-state index in [1.165, 1.54) is 87.6 Å². The Morgan fingerprint density at radius 1 is 0.349 bits per heavy atom. The molecule has 8 aromatic carbocycles. The number of hydrogen-bond acceptors (Lipinski definition) is 0. The zero-order valence-electron chi connectivity index (χ0n) is 24.4. The molecular weight excluding hydrogens is 516 g/mol. The molecule has 0 amide bonds. The fourth-order valence-electron chi connectivity index (χ4n) is 7.77. The highest BCUT2D eigenvalue weighted by molar-refractivity contribution is 6.20. The van der Waals surface area contributed by atoms with Crippen LogP contribution in [-0.4, -0.2) is 0 Å². The highest BCUT2D eigenvalue weighted by Crippen LogP contribution is 2.53. The summed E-state index contributed by atoms with van der Waals surface area (Å²) >= 11 is 0. The number of benzene rings is 8. The van der Waals surface area contributed by atoms with E-state index in [2.05, 4.69) is 159 Å². The largest absolute Gasteiger partial charge is 0.0622 e. The van der Waals surface area contributed by atoms with Gasteiger partial charge in [-0.3, -0.25) is 0 Å². The van der Waals surface area contributed by atoms with Crippen LogP contribution < -0.4 is 0 Å². The maximum Gasteiger partial charge on any atom is 0.0159 e. The van der Waals surface area contributed by atoms with Gasteiger partial charge in [-0.05, 0) is 99.7 Å². The SMILES string of the molecule is CC1(C)c2ccc(-c3c4ccccc4cc4c3ccc3ccccc34)cc2-c2c1ccc1c(-c3ccccc3)cccc21. The highest BCUT2D eigenvalue weighted by Gasteiger charge is 2.37. The van der Waals surface area contributed by atoms with E-state index in [1.807, 2.05) is 0 Å². The van der Waals surface area contributed by atoms with Crippen molar-refractivity contribution in [2.24, 2.45) is 0 Å². The minimum atomic E-state index is -0.0723. The normalized spacial score (nSPS) is 13.5. The molecule has 0 aromatic heterocycles. The predicted molar refractivity (Wildman–Crippen MR) is 185 cm³/mol. The van der Waals surface area contributed by atoms with Gasteiger partial charge in [-0.2, -0.15) is 0 Å². The van der Waals surface area contributed by atoms with Crippen molar-refractivity contribution < 1.29 is 0 Å². The standard InChI is InChI=1S/C43H30/c1-43(2)39-23-20-30(41-33-16-9-7-14-29(33)25-37-32-15-8-6-13-28(32)19-21-36(37)41)26-38(39)42-35-18-10-17-31(27-11-4-3-5-12-27)34(35)22-24-40(42)43/h3-26H,1-2H3. The van der Waals surface area contributed by atoms with E-state index in [0.29, 0.717) is 0 Å². The van der Waals surface area contributed by atoms with Gasteiger partial charge in [-0.25, -0.2) is 0 Å². The Kier molecular flexibility index (Phi) is 5.05. The van der Waals surface area contributed by atoms with Crippen LogP contribution in [0.1, 0.15) is 25.0 Å². The van der Waals surface area contributed by atoms with Crippen molar-refractivity contribution in [3.63, 3.8) is 0 Å². The Hall–Kier alpha value is -5.20. The van der Waals surface area contributed by atoms with Gasteiger partial charge in [-0.1, -0.05) is 147 Å². The molecule has 0 N–H and O–H groups in total. The third-order valence-corrected chi connectivity index (χ3v) is 9.84. The molecule has 0 saturated carbocycles. The first-order valence-electron chi connectivity index (χ1n) is 15.2. The van der Waals surface area contributed by atoms with Crippen molar-refractivity contribution in [1.82, 2.24) is 0 Å². The molecule has 0 heteroatoms. The molecular formula is C43H30. The monoisotopic (exact) mass is 546 g/mol. The van der Waals surface area contributed by atoms with Gasteiger partial charge in [0.1, 0.15) is 0 Å². The van der Waals surface area contributed by atoms with Gasteiger partial charge in [0.15, 0.2) is 0 Å². The van der Waals surface area contributed by atoms with E-state index in [-0.39, 0.29) is 5.41 Å². The summed E-state index contributed by atoms with van der Waals surface area (Å²) in [6.45, 7) is 4.76. The van der Waals surface area contributed by atoms with Gasteiger partial charge in [0.25, 0.3) is 0 Å². The van der Waals surface area contributed by atoms with Crippen LogP contribution in [0, 0.1) is 0 Å². The molecule has 1 aliphatic rings. The summed E-state index contributed by atoms with van der Waals surface area (Å²) in [5.74, 6) is 0. The fraction of sp³-hybridized carbons (Fsp3) is 0.0698. The second-order valence-corrected chi connectivity index (χ2v) is 12.5. The third kappa shape index (κ3) is 3.44. The second kappa shape index (κ2) is 8.90. The first kappa shape index (κ1) is 24.4. The predicted octanol–water partition coefficient (Wildman–Crippen LogP) is 11.9. The smallest absolute Gasteiger partial charge is 0.0159 e. The Morgan fingerprint density at radius 3 is 1.88 bits per heavy atom. The van der Waals surface area contributed by atoms with E-state index in [0.717, 1.165) is 0 Å². The van der Waals surface area contributed by atoms with Crippen LogP contribution >= 0.6 is 0 Å². The molecule has 8 aromatic rings. The lowest BCUT2D eigenvalue weighted by Crippen LogP contribution is -2.14. The average molecular weight is 547 g/mol. The third-order valence-electron chi connectivity index (χ3n) is 9.84. The maximum atomic E-state index is 2.48. The molecule has 0 radical (unpaired) electrons. The Bertz CT molecular complexity index is 2410. The van der Waals surface area contributed by atoms with Crippen LogP contribution in [0.15, 0.2) is 146 Å². The van der Waals surface area contributed by atoms with E-state index in [9.17, 15) is 0 Å². The van der Waals surface area contributed by atoms with Gasteiger partial charge in [0.2, 0.25) is 0 Å². The van der Waals surface area contributed by atoms with Crippen LogP contribution in [-0.2, 0) is 5.41 Å². The van der Waals surface area contributed by atoms with Gasteiger partial charge in [0, 0.05) is 5.41 Å². The maximum absolute atomic E-state index is 2.48. The van der Waals surface area contributed by atoms with Crippen molar-refractivity contribution in [3.05, 3.63) is 157 Å². The van der Waals surface area contributed by atoms with Gasteiger partial charge in [0.05, 0.1) is 0 Å². The molecule has 0 spiro atoms. The summed E-state index contributed by atoms with van der Waals surface area (Å²) < 4.78 is 0. The molecule has 43 heavy (non-hydrogen) atoms. The first-order chi connectivity index (χ1) is 21.1. The summed E-state index contributed by atoms with van der Waals surface area (Å²) in [4.78, 5) is 0. The summed E-state index contributed by atoms with van der Waals surface area (Å²) in [5.41, 5.74) is 10.6. The zero-order valence-corrected chi connectivity index (χ0v) is 24.4. The topological polar surface area (TPSA) is 0 Å². The summed E-state index contributed by atoms with van der Waals surface area (Å²) in [6, 6.07) is 54.1. The lowest BCUT2D eigenvalue weighted by molar-refractivity contribution is 0.661. The zero-order chi connectivity index (χ0) is 28.7. The van der Waals surface area contributed by atoms with E-state index >= 15 is 0 Å². The molecule has 0 fully saturated rings. The Labute approximate surface area is 251 Å². The molecule has 0 nitrogen and oxygen atoms in total. The van der Waals surface area contributed by atoms with Crippen molar-refractivity contribution in [3.8, 4) is 33.4 Å². The highest BCUT2D eigenvalue weighted by atomic mass is 14.4. The molecule has 0 heterocycles. The van der Waals surface area contributed by atoms with Crippen LogP contribution in [0.25, 0.3) is 76.5 Å². The molecule has 0 saturated heterocycles. The first-order valence-corrected chi connectivity index (χ1v) is 15.2. The molecule has 0 bridgehead atoms.